The van der Waals surface area contributed by atoms with Crippen LogP contribution in [0.25, 0.3) is 0 Å². The first-order chi connectivity index (χ1) is 5.56. The maximum absolute atomic E-state index is 9.70. The molecule has 3 nitrogen and oxygen atoms in total. The van der Waals surface area contributed by atoms with Crippen LogP contribution in [0.1, 0.15) is 13.3 Å². The lowest BCUT2D eigenvalue weighted by molar-refractivity contribution is 0.0418. The van der Waals surface area contributed by atoms with Gasteiger partial charge in [-0.25, -0.2) is 0 Å². The molecule has 0 aromatic carbocycles. The summed E-state index contributed by atoms with van der Waals surface area (Å²) in [6, 6.07) is 2.14. The predicted octanol–water partition coefficient (Wildman–Crippen LogP) is -0.689. The lowest BCUT2D eigenvalue weighted by Gasteiger charge is -2.25. The third-order valence-corrected chi connectivity index (χ3v) is 3.22. The predicted molar refractivity (Wildman–Crippen MR) is 47.2 cm³/mol. The average molecular weight is 167 g/mol. The average Bonchev–Trinajstić information content (AvgIpc) is 2.30. The minimum Gasteiger partial charge on any atom is -0.396 e. The van der Waals surface area contributed by atoms with Crippen LogP contribution in [0.5, 0.6) is 0 Å². The minimum absolute atomic E-state index is 0.0250. The van der Waals surface area contributed by atoms with Gasteiger partial charge in [0, 0.05) is 12.5 Å². The van der Waals surface area contributed by atoms with Crippen LogP contribution in [0.2, 0.25) is 5.82 Å². The summed E-state index contributed by atoms with van der Waals surface area (Å²) in [6.45, 7) is 1.74. The standard InChI is InChI=1S/C8H14BNO2/c1-8(4-10)6(9)2-5(3-11)7(8)12/h5-7,11-12H,2-3,9H2,1H3/t5-,6-,7-,8+/m1/s1. The van der Waals surface area contributed by atoms with Crippen LogP contribution in [0.4, 0.5) is 0 Å². The Morgan fingerprint density at radius 1 is 1.75 bits per heavy atom. The van der Waals surface area contributed by atoms with E-state index in [1.165, 1.54) is 0 Å². The van der Waals surface area contributed by atoms with E-state index >= 15 is 0 Å². The van der Waals surface area contributed by atoms with Crippen molar-refractivity contribution in [3.8, 4) is 6.07 Å². The van der Waals surface area contributed by atoms with Crippen molar-refractivity contribution in [3.63, 3.8) is 0 Å². The third kappa shape index (κ3) is 1.14. The molecule has 0 radical (unpaired) electrons. The molecule has 0 aromatic heterocycles. The van der Waals surface area contributed by atoms with Gasteiger partial charge < -0.3 is 10.2 Å². The van der Waals surface area contributed by atoms with Crippen molar-refractivity contribution >= 4 is 7.85 Å². The summed E-state index contributed by atoms with van der Waals surface area (Å²) in [4.78, 5) is 0. The molecular weight excluding hydrogens is 153 g/mol. The van der Waals surface area contributed by atoms with E-state index in [1.807, 2.05) is 7.85 Å². The summed E-state index contributed by atoms with van der Waals surface area (Å²) in [5, 5.41) is 27.5. The zero-order chi connectivity index (χ0) is 9.35. The van der Waals surface area contributed by atoms with Crippen LogP contribution in [-0.4, -0.2) is 30.8 Å². The summed E-state index contributed by atoms with van der Waals surface area (Å²) < 4.78 is 0. The Morgan fingerprint density at radius 3 is 2.58 bits per heavy atom. The molecule has 1 rings (SSSR count). The van der Waals surface area contributed by atoms with Gasteiger partial charge in [-0.3, -0.25) is 0 Å². The number of hydrogen-bond donors (Lipinski definition) is 2. The van der Waals surface area contributed by atoms with E-state index < -0.39 is 11.5 Å². The van der Waals surface area contributed by atoms with Crippen molar-refractivity contribution in [1.82, 2.24) is 0 Å². The maximum Gasteiger partial charge on any atom is 0.107 e. The van der Waals surface area contributed by atoms with Gasteiger partial charge in [0.15, 0.2) is 0 Å². The molecule has 1 fully saturated rings. The molecule has 0 aromatic rings. The van der Waals surface area contributed by atoms with Gasteiger partial charge in [0.1, 0.15) is 7.85 Å². The highest BCUT2D eigenvalue weighted by Gasteiger charge is 2.49. The zero-order valence-corrected chi connectivity index (χ0v) is 7.49. The Labute approximate surface area is 73.4 Å². The fourth-order valence-corrected chi connectivity index (χ4v) is 1.96. The number of aliphatic hydroxyl groups is 2. The summed E-state index contributed by atoms with van der Waals surface area (Å²) in [5.74, 6) is 0.0410. The number of aliphatic hydroxyl groups excluding tert-OH is 2. The fraction of sp³-hybridized carbons (Fsp3) is 0.875. The van der Waals surface area contributed by atoms with Crippen molar-refractivity contribution in [3.05, 3.63) is 0 Å². The van der Waals surface area contributed by atoms with Crippen molar-refractivity contribution in [1.29, 1.82) is 5.26 Å². The lowest BCUT2D eigenvalue weighted by atomic mass is 9.69. The summed E-state index contributed by atoms with van der Waals surface area (Å²) in [7, 11) is 1.95. The second-order valence-electron chi connectivity index (χ2n) is 3.92. The Morgan fingerprint density at radius 2 is 2.33 bits per heavy atom. The van der Waals surface area contributed by atoms with E-state index in [1.54, 1.807) is 6.92 Å². The van der Waals surface area contributed by atoms with Gasteiger partial charge in [0.2, 0.25) is 0 Å². The molecule has 0 saturated heterocycles. The van der Waals surface area contributed by atoms with Crippen molar-refractivity contribution < 1.29 is 10.2 Å². The third-order valence-electron chi connectivity index (χ3n) is 3.22. The van der Waals surface area contributed by atoms with Crippen LogP contribution in [0.3, 0.4) is 0 Å². The van der Waals surface area contributed by atoms with Crippen LogP contribution < -0.4 is 0 Å². The lowest BCUT2D eigenvalue weighted by Crippen LogP contribution is -2.32. The molecule has 4 heteroatoms. The Kier molecular flexibility index (Phi) is 2.45. The molecule has 12 heavy (non-hydrogen) atoms. The molecular formula is C8H14BNO2. The van der Waals surface area contributed by atoms with Crippen molar-refractivity contribution in [2.75, 3.05) is 6.61 Å². The van der Waals surface area contributed by atoms with Gasteiger partial charge in [-0.15, -0.1) is 0 Å². The first-order valence-electron chi connectivity index (χ1n) is 4.26. The van der Waals surface area contributed by atoms with E-state index in [0.717, 1.165) is 6.42 Å². The van der Waals surface area contributed by atoms with Crippen LogP contribution in [0.15, 0.2) is 0 Å². The Bertz CT molecular complexity index is 216. The molecule has 1 aliphatic rings. The molecule has 0 heterocycles. The highest BCUT2D eigenvalue weighted by Crippen LogP contribution is 2.48. The second-order valence-corrected chi connectivity index (χ2v) is 3.92. The monoisotopic (exact) mass is 167 g/mol. The van der Waals surface area contributed by atoms with E-state index in [4.69, 9.17) is 10.4 Å². The highest BCUT2D eigenvalue weighted by atomic mass is 16.3. The summed E-state index contributed by atoms with van der Waals surface area (Å²) in [6.07, 6.45) is 0.0596. The first-order valence-corrected chi connectivity index (χ1v) is 4.26. The molecule has 0 unspecified atom stereocenters. The molecule has 0 aliphatic heterocycles. The van der Waals surface area contributed by atoms with Gasteiger partial charge in [-0.2, -0.15) is 5.26 Å². The quantitative estimate of drug-likeness (QED) is 0.508. The molecule has 1 saturated carbocycles. The second kappa shape index (κ2) is 3.08. The van der Waals surface area contributed by atoms with Gasteiger partial charge >= 0.3 is 0 Å². The van der Waals surface area contributed by atoms with Crippen molar-refractivity contribution in [2.24, 2.45) is 11.3 Å². The van der Waals surface area contributed by atoms with Crippen LogP contribution >= 0.6 is 0 Å². The number of nitrogens with zero attached hydrogens (tertiary/aromatic N) is 1. The van der Waals surface area contributed by atoms with Gasteiger partial charge in [0.05, 0.1) is 17.6 Å². The van der Waals surface area contributed by atoms with Crippen molar-refractivity contribution in [2.45, 2.75) is 25.3 Å². The molecule has 0 bridgehead atoms. The van der Waals surface area contributed by atoms with Gasteiger partial charge in [0.25, 0.3) is 0 Å². The summed E-state index contributed by atoms with van der Waals surface area (Å²) >= 11 is 0. The van der Waals surface area contributed by atoms with E-state index in [-0.39, 0.29) is 18.3 Å². The largest absolute Gasteiger partial charge is 0.396 e. The Balaban J connectivity index is 2.85. The maximum atomic E-state index is 9.70. The smallest absolute Gasteiger partial charge is 0.107 e. The molecule has 66 valence electrons. The normalized spacial score (nSPS) is 47.3. The first kappa shape index (κ1) is 9.56. The van der Waals surface area contributed by atoms with Gasteiger partial charge in [-0.05, 0) is 19.2 Å². The number of hydrogen-bond acceptors (Lipinski definition) is 3. The van der Waals surface area contributed by atoms with E-state index in [2.05, 4.69) is 6.07 Å². The van der Waals surface area contributed by atoms with Gasteiger partial charge in [-0.1, -0.05) is 0 Å². The summed E-state index contributed by atoms with van der Waals surface area (Å²) in [5.41, 5.74) is -0.673. The molecule has 0 amide bonds. The molecule has 4 atom stereocenters. The van der Waals surface area contributed by atoms with E-state index in [9.17, 15) is 5.11 Å². The fourth-order valence-electron chi connectivity index (χ4n) is 1.96. The van der Waals surface area contributed by atoms with Crippen LogP contribution in [0, 0.1) is 22.7 Å². The highest BCUT2D eigenvalue weighted by molar-refractivity contribution is 6.12. The SMILES string of the molecule is B[C@@H]1C[C@H](CO)[C@@H](O)[C@@]1(C)C#N. The Hall–Kier alpha value is -0.525. The molecule has 1 aliphatic carbocycles. The molecule has 2 N–H and O–H groups in total. The molecule has 0 spiro atoms. The number of rotatable bonds is 1. The number of nitriles is 1. The van der Waals surface area contributed by atoms with Crippen LogP contribution in [-0.2, 0) is 0 Å². The topological polar surface area (TPSA) is 64.2 Å². The zero-order valence-electron chi connectivity index (χ0n) is 7.49. The minimum atomic E-state index is -0.678. The van der Waals surface area contributed by atoms with E-state index in [0.29, 0.717) is 0 Å².